The smallest absolute Gasteiger partial charge is 0.306 e. The minimum atomic E-state index is -0.832. The Balaban J connectivity index is 2.48. The van der Waals surface area contributed by atoms with Gasteiger partial charge in [-0.15, -0.1) is 0 Å². The summed E-state index contributed by atoms with van der Waals surface area (Å²) in [5.41, 5.74) is 0. The molecule has 94 valence electrons. The Labute approximate surface area is 104 Å². The minimum absolute atomic E-state index is 0.188. The molecule has 1 aromatic rings. The Hall–Kier alpha value is -1.29. The van der Waals surface area contributed by atoms with Gasteiger partial charge in [0.05, 0.1) is 17.5 Å². The zero-order valence-electron chi connectivity index (χ0n) is 9.45. The molecule has 5 heteroatoms. The number of hydrogen-bond acceptors (Lipinski definition) is 2. The van der Waals surface area contributed by atoms with Crippen LogP contribution in [0.5, 0.6) is 5.75 Å². The molecule has 3 nitrogen and oxygen atoms in total. The number of halogens is 2. The van der Waals surface area contributed by atoms with E-state index in [0.29, 0.717) is 18.6 Å². The maximum absolute atomic E-state index is 12.7. The van der Waals surface area contributed by atoms with Crippen LogP contribution in [0, 0.1) is 11.7 Å². The quantitative estimate of drug-likeness (QED) is 0.853. The average Bonchev–Trinajstić information content (AvgIpc) is 2.26. The van der Waals surface area contributed by atoms with E-state index in [-0.39, 0.29) is 11.6 Å². The third kappa shape index (κ3) is 4.23. The fourth-order valence-corrected chi connectivity index (χ4v) is 1.63. The Morgan fingerprint density at radius 1 is 1.59 bits per heavy atom. The van der Waals surface area contributed by atoms with E-state index < -0.39 is 17.7 Å². The largest absolute Gasteiger partial charge is 0.492 e. The molecule has 0 heterocycles. The normalized spacial score (nSPS) is 12.2. The van der Waals surface area contributed by atoms with Gasteiger partial charge in [0.1, 0.15) is 11.6 Å². The van der Waals surface area contributed by atoms with Crippen molar-refractivity contribution in [1.29, 1.82) is 0 Å². The number of rotatable bonds is 6. The van der Waals surface area contributed by atoms with Crippen LogP contribution in [0.2, 0.25) is 5.02 Å². The van der Waals surface area contributed by atoms with Crippen molar-refractivity contribution in [3.63, 3.8) is 0 Å². The van der Waals surface area contributed by atoms with E-state index in [1.807, 2.05) is 6.92 Å². The molecule has 17 heavy (non-hydrogen) atoms. The lowest BCUT2D eigenvalue weighted by atomic mass is 10.0. The molecule has 0 amide bonds. The summed E-state index contributed by atoms with van der Waals surface area (Å²) in [5, 5.41) is 9.02. The molecule has 0 spiro atoms. The summed E-state index contributed by atoms with van der Waals surface area (Å²) in [5.74, 6) is -1.32. The van der Waals surface area contributed by atoms with Crippen LogP contribution < -0.4 is 4.74 Å². The Morgan fingerprint density at radius 3 is 2.82 bits per heavy atom. The van der Waals surface area contributed by atoms with E-state index >= 15 is 0 Å². The maximum atomic E-state index is 12.7. The maximum Gasteiger partial charge on any atom is 0.306 e. The van der Waals surface area contributed by atoms with Crippen LogP contribution in [0.25, 0.3) is 0 Å². The second kappa shape index (κ2) is 6.45. The zero-order valence-corrected chi connectivity index (χ0v) is 10.2. The number of benzene rings is 1. The number of ether oxygens (including phenoxy) is 1. The van der Waals surface area contributed by atoms with Gasteiger partial charge >= 0.3 is 5.97 Å². The topological polar surface area (TPSA) is 46.5 Å². The average molecular weight is 261 g/mol. The second-order valence-electron chi connectivity index (χ2n) is 3.66. The SMILES string of the molecule is CCC(CCOc1ccc(F)cc1Cl)C(=O)O. The molecular weight excluding hydrogens is 247 g/mol. The van der Waals surface area contributed by atoms with Gasteiger partial charge in [-0.05, 0) is 31.0 Å². The Kier molecular flexibility index (Phi) is 5.22. The molecule has 1 rings (SSSR count). The fourth-order valence-electron chi connectivity index (χ4n) is 1.41. The monoisotopic (exact) mass is 260 g/mol. The highest BCUT2D eigenvalue weighted by Gasteiger charge is 2.15. The van der Waals surface area contributed by atoms with E-state index in [4.69, 9.17) is 21.4 Å². The first kappa shape index (κ1) is 13.8. The minimum Gasteiger partial charge on any atom is -0.492 e. The third-order valence-corrected chi connectivity index (χ3v) is 2.76. The molecule has 1 aromatic carbocycles. The van der Waals surface area contributed by atoms with Gasteiger partial charge in [-0.2, -0.15) is 0 Å². The Bertz CT molecular complexity index is 395. The van der Waals surface area contributed by atoms with Gasteiger partial charge in [0, 0.05) is 0 Å². The highest BCUT2D eigenvalue weighted by molar-refractivity contribution is 6.32. The van der Waals surface area contributed by atoms with Crippen LogP contribution in [-0.4, -0.2) is 17.7 Å². The standard InChI is InChI=1S/C12H14ClFO3/c1-2-8(12(15)16)5-6-17-11-4-3-9(14)7-10(11)13/h3-4,7-8H,2,5-6H2,1H3,(H,15,16). The van der Waals surface area contributed by atoms with E-state index in [0.717, 1.165) is 6.07 Å². The fraction of sp³-hybridized carbons (Fsp3) is 0.417. The van der Waals surface area contributed by atoms with Crippen LogP contribution in [-0.2, 0) is 4.79 Å². The van der Waals surface area contributed by atoms with Crippen LogP contribution in [0.15, 0.2) is 18.2 Å². The molecule has 1 N–H and O–H groups in total. The van der Waals surface area contributed by atoms with E-state index in [9.17, 15) is 9.18 Å². The van der Waals surface area contributed by atoms with Crippen LogP contribution in [0.4, 0.5) is 4.39 Å². The lowest BCUT2D eigenvalue weighted by molar-refractivity contribution is -0.142. The summed E-state index contributed by atoms with van der Waals surface area (Å²) in [4.78, 5) is 10.8. The van der Waals surface area contributed by atoms with Crippen molar-refractivity contribution in [3.05, 3.63) is 29.0 Å². The van der Waals surface area contributed by atoms with Crippen molar-refractivity contribution < 1.29 is 19.0 Å². The first-order chi connectivity index (χ1) is 8.04. The van der Waals surface area contributed by atoms with Crippen molar-refractivity contribution in [1.82, 2.24) is 0 Å². The van der Waals surface area contributed by atoms with Gasteiger partial charge in [-0.25, -0.2) is 4.39 Å². The van der Waals surface area contributed by atoms with E-state index in [1.54, 1.807) is 0 Å². The van der Waals surface area contributed by atoms with Gasteiger partial charge in [0.25, 0.3) is 0 Å². The number of carbonyl (C=O) groups is 1. The Morgan fingerprint density at radius 2 is 2.29 bits per heavy atom. The van der Waals surface area contributed by atoms with E-state index in [1.165, 1.54) is 12.1 Å². The van der Waals surface area contributed by atoms with Crippen LogP contribution in [0.3, 0.4) is 0 Å². The third-order valence-electron chi connectivity index (χ3n) is 2.46. The summed E-state index contributed by atoms with van der Waals surface area (Å²) < 4.78 is 18.1. The van der Waals surface area contributed by atoms with Crippen molar-refractivity contribution in [2.75, 3.05) is 6.61 Å². The van der Waals surface area contributed by atoms with Gasteiger partial charge in [0.2, 0.25) is 0 Å². The second-order valence-corrected chi connectivity index (χ2v) is 4.06. The van der Waals surface area contributed by atoms with Crippen molar-refractivity contribution in [2.45, 2.75) is 19.8 Å². The van der Waals surface area contributed by atoms with Crippen LogP contribution in [0.1, 0.15) is 19.8 Å². The van der Waals surface area contributed by atoms with Gasteiger partial charge in [0.15, 0.2) is 0 Å². The molecule has 0 aliphatic rings. The lowest BCUT2D eigenvalue weighted by Gasteiger charge is -2.11. The van der Waals surface area contributed by atoms with Crippen molar-refractivity contribution in [3.8, 4) is 5.75 Å². The van der Waals surface area contributed by atoms with Gasteiger partial charge < -0.3 is 9.84 Å². The predicted octanol–water partition coefficient (Wildman–Crippen LogP) is 3.36. The van der Waals surface area contributed by atoms with Crippen LogP contribution >= 0.6 is 11.6 Å². The number of aliphatic carboxylic acids is 1. The summed E-state index contributed by atoms with van der Waals surface area (Å²) in [7, 11) is 0. The molecule has 1 atom stereocenters. The molecule has 0 aliphatic heterocycles. The molecule has 0 aliphatic carbocycles. The number of carboxylic acid groups (broad SMARTS) is 1. The lowest BCUT2D eigenvalue weighted by Crippen LogP contribution is -2.16. The molecule has 0 saturated carbocycles. The molecular formula is C12H14ClFO3. The molecule has 0 aromatic heterocycles. The van der Waals surface area contributed by atoms with E-state index in [2.05, 4.69) is 0 Å². The van der Waals surface area contributed by atoms with Crippen molar-refractivity contribution >= 4 is 17.6 Å². The molecule has 0 fully saturated rings. The summed E-state index contributed by atoms with van der Waals surface area (Å²) in [6.45, 7) is 2.06. The summed E-state index contributed by atoms with van der Waals surface area (Å²) in [6, 6.07) is 3.83. The first-order valence-corrected chi connectivity index (χ1v) is 5.73. The highest BCUT2D eigenvalue weighted by atomic mass is 35.5. The molecule has 0 bridgehead atoms. The molecule has 0 saturated heterocycles. The number of carboxylic acids is 1. The van der Waals surface area contributed by atoms with Gasteiger partial charge in [-0.3, -0.25) is 4.79 Å². The first-order valence-electron chi connectivity index (χ1n) is 5.35. The summed E-state index contributed by atoms with van der Waals surface area (Å²) in [6.07, 6.45) is 0.954. The summed E-state index contributed by atoms with van der Waals surface area (Å²) >= 11 is 5.76. The zero-order chi connectivity index (χ0) is 12.8. The molecule has 0 radical (unpaired) electrons. The molecule has 1 unspecified atom stereocenters. The predicted molar refractivity (Wildman–Crippen MR) is 62.9 cm³/mol. The highest BCUT2D eigenvalue weighted by Crippen LogP contribution is 2.25. The van der Waals surface area contributed by atoms with Crippen molar-refractivity contribution in [2.24, 2.45) is 5.92 Å². The van der Waals surface area contributed by atoms with Gasteiger partial charge in [-0.1, -0.05) is 18.5 Å². The number of hydrogen-bond donors (Lipinski definition) is 1.